The maximum Gasteiger partial charge on any atom is 0.153 e. The fourth-order valence-electron chi connectivity index (χ4n) is 2.34. The molecule has 0 N–H and O–H groups in total. The number of rotatable bonds is 8. The standard InChI is InChI=1S/C18H22O2/c1-2-3-4-5-8-11-20-18-13-16-10-7-6-9-15(16)12-17(18)14-19/h6-7,9-10,12-14H,2-5,8,11H2,1H3. The van der Waals surface area contributed by atoms with Crippen molar-refractivity contribution in [1.29, 1.82) is 0 Å². The third-order valence-electron chi connectivity index (χ3n) is 3.51. The highest BCUT2D eigenvalue weighted by Crippen LogP contribution is 2.25. The first-order valence-corrected chi connectivity index (χ1v) is 7.46. The number of benzene rings is 2. The molecule has 0 heterocycles. The number of fused-ring (bicyclic) bond motifs is 1. The molecule has 0 aliphatic rings. The van der Waals surface area contributed by atoms with Gasteiger partial charge in [-0.25, -0.2) is 0 Å². The van der Waals surface area contributed by atoms with Crippen LogP contribution in [0.15, 0.2) is 36.4 Å². The molecule has 0 amide bonds. The van der Waals surface area contributed by atoms with Crippen molar-refractivity contribution in [2.45, 2.75) is 39.0 Å². The van der Waals surface area contributed by atoms with Crippen molar-refractivity contribution in [2.75, 3.05) is 6.61 Å². The lowest BCUT2D eigenvalue weighted by atomic mass is 10.1. The summed E-state index contributed by atoms with van der Waals surface area (Å²) in [6, 6.07) is 11.9. The summed E-state index contributed by atoms with van der Waals surface area (Å²) in [5.74, 6) is 0.703. The van der Waals surface area contributed by atoms with Crippen LogP contribution in [0.4, 0.5) is 0 Å². The maximum atomic E-state index is 11.2. The highest BCUT2D eigenvalue weighted by atomic mass is 16.5. The zero-order valence-electron chi connectivity index (χ0n) is 12.1. The van der Waals surface area contributed by atoms with Crippen LogP contribution in [0.25, 0.3) is 10.8 Å². The molecule has 0 fully saturated rings. The van der Waals surface area contributed by atoms with Gasteiger partial charge in [0.2, 0.25) is 0 Å². The first-order chi connectivity index (χ1) is 9.85. The molecule has 2 heteroatoms. The third-order valence-corrected chi connectivity index (χ3v) is 3.51. The largest absolute Gasteiger partial charge is 0.493 e. The van der Waals surface area contributed by atoms with Gasteiger partial charge in [0.1, 0.15) is 5.75 Å². The Morgan fingerprint density at radius 1 is 1.00 bits per heavy atom. The van der Waals surface area contributed by atoms with E-state index in [2.05, 4.69) is 6.92 Å². The second-order valence-corrected chi connectivity index (χ2v) is 5.12. The molecule has 0 aromatic heterocycles. The Morgan fingerprint density at radius 2 is 1.70 bits per heavy atom. The van der Waals surface area contributed by atoms with Crippen LogP contribution in [0.1, 0.15) is 49.4 Å². The first kappa shape index (κ1) is 14.6. The molecule has 0 saturated heterocycles. The fourth-order valence-corrected chi connectivity index (χ4v) is 2.34. The van der Waals surface area contributed by atoms with E-state index in [-0.39, 0.29) is 0 Å². The summed E-state index contributed by atoms with van der Waals surface area (Å²) in [6.45, 7) is 2.89. The number of hydrogen-bond donors (Lipinski definition) is 0. The molecular weight excluding hydrogens is 248 g/mol. The van der Waals surface area contributed by atoms with Crippen LogP contribution >= 0.6 is 0 Å². The molecule has 0 atom stereocenters. The van der Waals surface area contributed by atoms with E-state index < -0.39 is 0 Å². The average Bonchev–Trinajstić information content (AvgIpc) is 2.50. The maximum absolute atomic E-state index is 11.2. The van der Waals surface area contributed by atoms with E-state index in [0.29, 0.717) is 17.9 Å². The quantitative estimate of drug-likeness (QED) is 0.498. The van der Waals surface area contributed by atoms with Gasteiger partial charge in [0.25, 0.3) is 0 Å². The first-order valence-electron chi connectivity index (χ1n) is 7.46. The summed E-state index contributed by atoms with van der Waals surface area (Å²) < 4.78 is 5.79. The molecule has 2 aromatic rings. The van der Waals surface area contributed by atoms with E-state index in [1.807, 2.05) is 36.4 Å². The molecule has 0 spiro atoms. The zero-order chi connectivity index (χ0) is 14.2. The van der Waals surface area contributed by atoms with Crippen molar-refractivity contribution in [1.82, 2.24) is 0 Å². The Balaban J connectivity index is 1.99. The van der Waals surface area contributed by atoms with Gasteiger partial charge < -0.3 is 4.74 Å². The van der Waals surface area contributed by atoms with Crippen molar-refractivity contribution in [3.05, 3.63) is 42.0 Å². The molecule has 2 rings (SSSR count). The van der Waals surface area contributed by atoms with Crippen LogP contribution in [0.3, 0.4) is 0 Å². The SMILES string of the molecule is CCCCCCCOc1cc2ccccc2cc1C=O. The van der Waals surface area contributed by atoms with E-state index in [4.69, 9.17) is 4.74 Å². The molecule has 0 aliphatic heterocycles. The van der Waals surface area contributed by atoms with Gasteiger partial charge in [-0.05, 0) is 29.3 Å². The molecule has 0 saturated carbocycles. The van der Waals surface area contributed by atoms with Gasteiger partial charge in [-0.2, -0.15) is 0 Å². The van der Waals surface area contributed by atoms with Crippen LogP contribution in [0.2, 0.25) is 0 Å². The second kappa shape index (κ2) is 7.68. The van der Waals surface area contributed by atoms with Crippen LogP contribution in [0.5, 0.6) is 5.75 Å². The highest BCUT2D eigenvalue weighted by molar-refractivity contribution is 5.92. The zero-order valence-corrected chi connectivity index (χ0v) is 12.1. The van der Waals surface area contributed by atoms with E-state index in [0.717, 1.165) is 23.5 Å². The Bertz CT molecular complexity index is 560. The number of carbonyl (C=O) groups excluding carboxylic acids is 1. The number of unbranched alkanes of at least 4 members (excludes halogenated alkanes) is 4. The van der Waals surface area contributed by atoms with Gasteiger partial charge in [-0.3, -0.25) is 4.79 Å². The molecule has 0 bridgehead atoms. The average molecular weight is 270 g/mol. The van der Waals surface area contributed by atoms with Crippen molar-refractivity contribution < 1.29 is 9.53 Å². The van der Waals surface area contributed by atoms with Crippen molar-refractivity contribution >= 4 is 17.1 Å². The van der Waals surface area contributed by atoms with Gasteiger partial charge >= 0.3 is 0 Å². The van der Waals surface area contributed by atoms with Gasteiger partial charge in [0.15, 0.2) is 6.29 Å². The Hall–Kier alpha value is -1.83. The van der Waals surface area contributed by atoms with E-state index in [1.54, 1.807) is 0 Å². The lowest BCUT2D eigenvalue weighted by Crippen LogP contribution is -2.00. The van der Waals surface area contributed by atoms with Crippen LogP contribution in [-0.2, 0) is 0 Å². The molecule has 0 aliphatic carbocycles. The van der Waals surface area contributed by atoms with E-state index in [1.165, 1.54) is 25.7 Å². The molecular formula is C18H22O2. The Kier molecular flexibility index (Phi) is 5.60. The highest BCUT2D eigenvalue weighted by Gasteiger charge is 2.05. The predicted octanol–water partition coefficient (Wildman–Crippen LogP) is 5.00. The lowest BCUT2D eigenvalue weighted by molar-refractivity contribution is 0.111. The fraction of sp³-hybridized carbons (Fsp3) is 0.389. The number of hydrogen-bond acceptors (Lipinski definition) is 2. The van der Waals surface area contributed by atoms with Gasteiger partial charge in [0, 0.05) is 0 Å². The van der Waals surface area contributed by atoms with Gasteiger partial charge in [-0.1, -0.05) is 56.9 Å². The topological polar surface area (TPSA) is 26.3 Å². The molecule has 106 valence electrons. The normalized spacial score (nSPS) is 10.7. The van der Waals surface area contributed by atoms with Crippen molar-refractivity contribution in [2.24, 2.45) is 0 Å². The van der Waals surface area contributed by atoms with E-state index in [9.17, 15) is 4.79 Å². The minimum Gasteiger partial charge on any atom is -0.493 e. The smallest absolute Gasteiger partial charge is 0.153 e. The van der Waals surface area contributed by atoms with Crippen molar-refractivity contribution in [3.8, 4) is 5.75 Å². The van der Waals surface area contributed by atoms with Crippen LogP contribution in [-0.4, -0.2) is 12.9 Å². The minimum absolute atomic E-state index is 0.636. The summed E-state index contributed by atoms with van der Waals surface area (Å²) in [5.41, 5.74) is 0.636. The number of carbonyl (C=O) groups is 1. The van der Waals surface area contributed by atoms with Gasteiger partial charge in [0.05, 0.1) is 12.2 Å². The molecule has 2 nitrogen and oxygen atoms in total. The predicted molar refractivity (Wildman–Crippen MR) is 83.6 cm³/mol. The Labute approximate surface area is 120 Å². The molecule has 20 heavy (non-hydrogen) atoms. The monoisotopic (exact) mass is 270 g/mol. The number of ether oxygens (including phenoxy) is 1. The molecule has 2 aromatic carbocycles. The lowest BCUT2D eigenvalue weighted by Gasteiger charge is -2.10. The summed E-state index contributed by atoms with van der Waals surface area (Å²) >= 11 is 0. The minimum atomic E-state index is 0.636. The molecule has 0 unspecified atom stereocenters. The second-order valence-electron chi connectivity index (χ2n) is 5.12. The number of aldehydes is 1. The summed E-state index contributed by atoms with van der Waals surface area (Å²) in [4.78, 5) is 11.2. The summed E-state index contributed by atoms with van der Waals surface area (Å²) in [5, 5.41) is 2.18. The Morgan fingerprint density at radius 3 is 2.40 bits per heavy atom. The van der Waals surface area contributed by atoms with Crippen LogP contribution < -0.4 is 4.74 Å². The summed E-state index contributed by atoms with van der Waals surface area (Å²) in [7, 11) is 0. The molecule has 0 radical (unpaired) electrons. The van der Waals surface area contributed by atoms with Crippen molar-refractivity contribution in [3.63, 3.8) is 0 Å². The summed E-state index contributed by atoms with van der Waals surface area (Å²) in [6.07, 6.45) is 6.91. The van der Waals surface area contributed by atoms with E-state index >= 15 is 0 Å². The van der Waals surface area contributed by atoms with Gasteiger partial charge in [-0.15, -0.1) is 0 Å². The third kappa shape index (κ3) is 3.83. The van der Waals surface area contributed by atoms with Crippen LogP contribution in [0, 0.1) is 0 Å².